The highest BCUT2D eigenvalue weighted by atomic mass is 16.3. The smallest absolute Gasteiger partial charge is 0.0615 e. The highest BCUT2D eigenvalue weighted by molar-refractivity contribution is 4.95. The van der Waals surface area contributed by atoms with Crippen molar-refractivity contribution in [3.8, 4) is 0 Å². The molecule has 2 nitrogen and oxygen atoms in total. The summed E-state index contributed by atoms with van der Waals surface area (Å²) in [5.74, 6) is 0.892. The van der Waals surface area contributed by atoms with E-state index in [1.807, 2.05) is 0 Å². The Labute approximate surface area is 87.3 Å². The van der Waals surface area contributed by atoms with Crippen LogP contribution in [0.15, 0.2) is 0 Å². The number of nitrogens with zero attached hydrogens (tertiary/aromatic N) is 1. The van der Waals surface area contributed by atoms with Gasteiger partial charge in [-0.05, 0) is 44.7 Å². The van der Waals surface area contributed by atoms with Crippen LogP contribution < -0.4 is 0 Å². The second-order valence-corrected chi connectivity index (χ2v) is 5.26. The van der Waals surface area contributed by atoms with Crippen LogP contribution in [0.5, 0.6) is 0 Å². The first-order valence-corrected chi connectivity index (χ1v) is 6.13. The maximum atomic E-state index is 9.59. The van der Waals surface area contributed by atoms with Gasteiger partial charge in [0, 0.05) is 5.54 Å². The van der Waals surface area contributed by atoms with Crippen LogP contribution in [-0.2, 0) is 0 Å². The summed E-state index contributed by atoms with van der Waals surface area (Å²) >= 11 is 0. The molecule has 1 aliphatic carbocycles. The molecule has 1 saturated carbocycles. The molecule has 14 heavy (non-hydrogen) atoms. The molecular formula is C12H23NO. The molecule has 2 heteroatoms. The van der Waals surface area contributed by atoms with E-state index in [-0.39, 0.29) is 5.54 Å². The molecule has 1 aliphatic heterocycles. The highest BCUT2D eigenvalue weighted by Crippen LogP contribution is 2.37. The second kappa shape index (κ2) is 4.19. The number of piperidine rings is 1. The summed E-state index contributed by atoms with van der Waals surface area (Å²) in [6.45, 7) is 5.14. The lowest BCUT2D eigenvalue weighted by Crippen LogP contribution is -2.52. The van der Waals surface area contributed by atoms with Crippen molar-refractivity contribution in [2.24, 2.45) is 5.92 Å². The zero-order chi connectivity index (χ0) is 10.0. The fraction of sp³-hybridized carbons (Fsp3) is 1.00. The molecule has 2 aliphatic rings. The third-order valence-corrected chi connectivity index (χ3v) is 4.28. The summed E-state index contributed by atoms with van der Waals surface area (Å²) in [6, 6.07) is 0. The number of aliphatic hydroxyl groups excluding tert-OH is 1. The van der Waals surface area contributed by atoms with E-state index >= 15 is 0 Å². The zero-order valence-corrected chi connectivity index (χ0v) is 9.34. The van der Waals surface area contributed by atoms with Crippen LogP contribution in [0.2, 0.25) is 0 Å². The first kappa shape index (κ1) is 10.4. The lowest BCUT2D eigenvalue weighted by atomic mass is 9.90. The molecule has 0 aromatic heterocycles. The number of aliphatic hydroxyl groups is 1. The predicted molar refractivity (Wildman–Crippen MR) is 58.3 cm³/mol. The Hall–Kier alpha value is -0.0800. The summed E-state index contributed by atoms with van der Waals surface area (Å²) in [7, 11) is 0. The van der Waals surface area contributed by atoms with Crippen molar-refractivity contribution in [2.45, 2.75) is 51.0 Å². The van der Waals surface area contributed by atoms with E-state index in [1.165, 1.54) is 51.6 Å². The molecule has 0 atom stereocenters. The van der Waals surface area contributed by atoms with Gasteiger partial charge in [0.05, 0.1) is 6.61 Å². The third-order valence-electron chi connectivity index (χ3n) is 4.28. The highest BCUT2D eigenvalue weighted by Gasteiger charge is 2.39. The van der Waals surface area contributed by atoms with E-state index in [1.54, 1.807) is 0 Å². The molecule has 82 valence electrons. The standard InChI is InChI=1S/C12H23NO/c1-11-4-8-13(9-5-11)12(10-14)6-2-3-7-12/h11,14H,2-10H2,1H3. The summed E-state index contributed by atoms with van der Waals surface area (Å²) < 4.78 is 0. The third kappa shape index (κ3) is 1.82. The molecule has 2 rings (SSSR count). The Morgan fingerprint density at radius 1 is 1.21 bits per heavy atom. The van der Waals surface area contributed by atoms with Gasteiger partial charge in [0.25, 0.3) is 0 Å². The molecule has 1 heterocycles. The van der Waals surface area contributed by atoms with Crippen LogP contribution in [0.1, 0.15) is 45.4 Å². The molecule has 0 spiro atoms. The topological polar surface area (TPSA) is 23.5 Å². The van der Waals surface area contributed by atoms with E-state index in [4.69, 9.17) is 0 Å². The molecule has 0 bridgehead atoms. The number of likely N-dealkylation sites (tertiary alicyclic amines) is 1. The van der Waals surface area contributed by atoms with Gasteiger partial charge in [0.2, 0.25) is 0 Å². The zero-order valence-electron chi connectivity index (χ0n) is 9.34. The van der Waals surface area contributed by atoms with Gasteiger partial charge < -0.3 is 5.11 Å². The number of hydrogen-bond acceptors (Lipinski definition) is 2. The number of hydrogen-bond donors (Lipinski definition) is 1. The molecule has 0 aromatic rings. The molecular weight excluding hydrogens is 174 g/mol. The van der Waals surface area contributed by atoms with Gasteiger partial charge in [-0.1, -0.05) is 19.8 Å². The van der Waals surface area contributed by atoms with Crippen LogP contribution >= 0.6 is 0 Å². The second-order valence-electron chi connectivity index (χ2n) is 5.26. The van der Waals surface area contributed by atoms with Crippen LogP contribution in [0.4, 0.5) is 0 Å². The van der Waals surface area contributed by atoms with Crippen molar-refractivity contribution in [1.82, 2.24) is 4.90 Å². The predicted octanol–water partition coefficient (Wildman–Crippen LogP) is 2.02. The number of rotatable bonds is 2. The van der Waals surface area contributed by atoms with Gasteiger partial charge in [0.15, 0.2) is 0 Å². The monoisotopic (exact) mass is 197 g/mol. The Balaban J connectivity index is 1.98. The van der Waals surface area contributed by atoms with E-state index in [2.05, 4.69) is 11.8 Å². The Morgan fingerprint density at radius 2 is 1.79 bits per heavy atom. The Kier molecular flexibility index (Phi) is 3.13. The summed E-state index contributed by atoms with van der Waals surface area (Å²) in [5, 5.41) is 9.59. The fourth-order valence-electron chi connectivity index (χ4n) is 3.09. The van der Waals surface area contributed by atoms with Gasteiger partial charge in [-0.25, -0.2) is 0 Å². The lowest BCUT2D eigenvalue weighted by molar-refractivity contribution is 0.0112. The maximum Gasteiger partial charge on any atom is 0.0615 e. The first-order chi connectivity index (χ1) is 6.77. The van der Waals surface area contributed by atoms with Gasteiger partial charge in [-0.3, -0.25) is 4.90 Å². The van der Waals surface area contributed by atoms with Gasteiger partial charge in [0.1, 0.15) is 0 Å². The van der Waals surface area contributed by atoms with Gasteiger partial charge in [-0.15, -0.1) is 0 Å². The molecule has 2 fully saturated rings. The summed E-state index contributed by atoms with van der Waals surface area (Å²) in [6.07, 6.45) is 7.71. The normalized spacial score (nSPS) is 29.6. The van der Waals surface area contributed by atoms with E-state index < -0.39 is 0 Å². The Morgan fingerprint density at radius 3 is 2.29 bits per heavy atom. The van der Waals surface area contributed by atoms with Crippen molar-refractivity contribution in [3.05, 3.63) is 0 Å². The molecule has 1 saturated heterocycles. The largest absolute Gasteiger partial charge is 0.394 e. The van der Waals surface area contributed by atoms with Crippen molar-refractivity contribution in [2.75, 3.05) is 19.7 Å². The van der Waals surface area contributed by atoms with E-state index in [0.717, 1.165) is 5.92 Å². The SMILES string of the molecule is CC1CCN(C2(CO)CCCC2)CC1. The van der Waals surface area contributed by atoms with Crippen molar-refractivity contribution in [1.29, 1.82) is 0 Å². The van der Waals surface area contributed by atoms with Crippen LogP contribution in [0.3, 0.4) is 0 Å². The molecule has 0 amide bonds. The molecule has 0 aromatic carbocycles. The van der Waals surface area contributed by atoms with E-state index in [9.17, 15) is 5.11 Å². The fourth-order valence-corrected chi connectivity index (χ4v) is 3.09. The minimum Gasteiger partial charge on any atom is -0.394 e. The van der Waals surface area contributed by atoms with Gasteiger partial charge >= 0.3 is 0 Å². The van der Waals surface area contributed by atoms with Gasteiger partial charge in [-0.2, -0.15) is 0 Å². The minimum atomic E-state index is 0.181. The van der Waals surface area contributed by atoms with E-state index in [0.29, 0.717) is 6.61 Å². The molecule has 0 radical (unpaired) electrons. The minimum absolute atomic E-state index is 0.181. The Bertz CT molecular complexity index is 179. The summed E-state index contributed by atoms with van der Waals surface area (Å²) in [5.41, 5.74) is 0.181. The quantitative estimate of drug-likeness (QED) is 0.732. The van der Waals surface area contributed by atoms with Crippen LogP contribution in [0.25, 0.3) is 0 Å². The van der Waals surface area contributed by atoms with Crippen molar-refractivity contribution in [3.63, 3.8) is 0 Å². The van der Waals surface area contributed by atoms with Crippen molar-refractivity contribution >= 4 is 0 Å². The molecule has 0 unspecified atom stereocenters. The summed E-state index contributed by atoms with van der Waals surface area (Å²) in [4.78, 5) is 2.57. The average molecular weight is 197 g/mol. The van der Waals surface area contributed by atoms with Crippen molar-refractivity contribution < 1.29 is 5.11 Å². The maximum absolute atomic E-state index is 9.59. The lowest BCUT2D eigenvalue weighted by Gasteiger charge is -2.43. The average Bonchev–Trinajstić information content (AvgIpc) is 2.68. The molecule has 1 N–H and O–H groups in total. The first-order valence-electron chi connectivity index (χ1n) is 6.13. The van der Waals surface area contributed by atoms with Crippen LogP contribution in [0, 0.1) is 5.92 Å². The van der Waals surface area contributed by atoms with Crippen LogP contribution in [-0.4, -0.2) is 35.2 Å².